The van der Waals surface area contributed by atoms with Crippen molar-refractivity contribution in [3.05, 3.63) is 60.2 Å². The summed E-state index contributed by atoms with van der Waals surface area (Å²) < 4.78 is 13.0. The van der Waals surface area contributed by atoms with E-state index in [4.69, 9.17) is 0 Å². The Kier molecular flexibility index (Phi) is 3.75. The molecule has 0 radical (unpaired) electrons. The Morgan fingerprint density at radius 3 is 2.60 bits per heavy atom. The van der Waals surface area contributed by atoms with Gasteiger partial charge in [0.05, 0.1) is 17.3 Å². The third-order valence-electron chi connectivity index (χ3n) is 5.20. The summed E-state index contributed by atoms with van der Waals surface area (Å²) in [6, 6.07) is 9.23. The maximum absolute atomic E-state index is 13.0. The van der Waals surface area contributed by atoms with Crippen LogP contribution in [0.1, 0.15) is 23.2 Å². The van der Waals surface area contributed by atoms with Gasteiger partial charge in [0.1, 0.15) is 5.82 Å². The lowest BCUT2D eigenvalue weighted by Gasteiger charge is -2.23. The fourth-order valence-corrected chi connectivity index (χ4v) is 3.78. The molecule has 0 N–H and O–H groups in total. The molecule has 5 nitrogen and oxygen atoms in total. The van der Waals surface area contributed by atoms with Gasteiger partial charge < -0.3 is 9.80 Å². The van der Waals surface area contributed by atoms with Gasteiger partial charge in [0.25, 0.3) is 5.91 Å². The molecule has 25 heavy (non-hydrogen) atoms. The molecule has 2 fully saturated rings. The molecule has 6 heteroatoms. The number of aromatic nitrogens is 1. The van der Waals surface area contributed by atoms with Gasteiger partial charge in [-0.1, -0.05) is 0 Å². The Hall–Kier alpha value is -2.76. The number of hydrogen-bond donors (Lipinski definition) is 0. The highest BCUT2D eigenvalue weighted by Gasteiger charge is 2.52. The number of nitrogens with zero attached hydrogens (tertiary/aromatic N) is 3. The first kappa shape index (κ1) is 15.7. The Balaban J connectivity index is 1.51. The van der Waals surface area contributed by atoms with Crippen molar-refractivity contribution in [3.8, 4) is 0 Å². The first-order valence-electron chi connectivity index (χ1n) is 8.36. The zero-order valence-electron chi connectivity index (χ0n) is 13.7. The maximum Gasteiger partial charge on any atom is 0.253 e. The van der Waals surface area contributed by atoms with Crippen LogP contribution in [0.3, 0.4) is 0 Å². The normalized spacial score (nSPS) is 22.8. The van der Waals surface area contributed by atoms with Crippen molar-refractivity contribution in [2.45, 2.75) is 12.8 Å². The summed E-state index contributed by atoms with van der Waals surface area (Å²) in [5, 5.41) is 0. The molecule has 1 aromatic carbocycles. The molecule has 1 spiro atoms. The Labute approximate surface area is 145 Å². The van der Waals surface area contributed by atoms with Crippen LogP contribution in [0.25, 0.3) is 0 Å². The zero-order valence-corrected chi connectivity index (χ0v) is 13.7. The topological polar surface area (TPSA) is 53.5 Å². The van der Waals surface area contributed by atoms with Crippen LogP contribution in [0.4, 0.5) is 10.1 Å². The number of likely N-dealkylation sites (tertiary alicyclic amines) is 1. The number of carbonyl (C=O) groups excluding carboxylic acids is 2. The first-order valence-corrected chi connectivity index (χ1v) is 8.36. The average molecular weight is 339 g/mol. The zero-order chi connectivity index (χ0) is 17.4. The molecule has 2 saturated heterocycles. The van der Waals surface area contributed by atoms with E-state index < -0.39 is 5.41 Å². The molecular weight excluding hydrogens is 321 g/mol. The van der Waals surface area contributed by atoms with E-state index in [1.54, 1.807) is 22.2 Å². The average Bonchev–Trinajstić information content (AvgIpc) is 3.21. The molecule has 0 aliphatic carbocycles. The fraction of sp³-hybridized carbons (Fsp3) is 0.316. The largest absolute Gasteiger partial charge is 0.338 e. The third kappa shape index (κ3) is 2.67. The second kappa shape index (κ2) is 5.95. The number of benzene rings is 1. The van der Waals surface area contributed by atoms with Crippen LogP contribution in [0.15, 0.2) is 48.8 Å². The van der Waals surface area contributed by atoms with Gasteiger partial charge in [-0.15, -0.1) is 0 Å². The third-order valence-corrected chi connectivity index (χ3v) is 5.20. The Bertz CT molecular complexity index is 809. The molecule has 2 aliphatic rings. The maximum atomic E-state index is 13.0. The van der Waals surface area contributed by atoms with Crippen LogP contribution in [0.2, 0.25) is 0 Å². The van der Waals surface area contributed by atoms with Gasteiger partial charge >= 0.3 is 0 Å². The van der Waals surface area contributed by atoms with Crippen molar-refractivity contribution in [3.63, 3.8) is 0 Å². The SMILES string of the molecule is O=C(c1ccc(F)cc1)N1CC[C@@]2(CCN(c3cccnc3)C2=O)C1. The summed E-state index contributed by atoms with van der Waals surface area (Å²) in [5.41, 5.74) is 0.742. The lowest BCUT2D eigenvalue weighted by atomic mass is 9.85. The summed E-state index contributed by atoms with van der Waals surface area (Å²) in [6.45, 7) is 1.60. The second-order valence-corrected chi connectivity index (χ2v) is 6.68. The van der Waals surface area contributed by atoms with E-state index in [-0.39, 0.29) is 17.6 Å². The fourth-order valence-electron chi connectivity index (χ4n) is 3.78. The van der Waals surface area contributed by atoms with Gasteiger partial charge in [-0.25, -0.2) is 4.39 Å². The number of halogens is 1. The summed E-state index contributed by atoms with van der Waals surface area (Å²) in [4.78, 5) is 33.2. The summed E-state index contributed by atoms with van der Waals surface area (Å²) in [5.74, 6) is -0.452. The van der Waals surface area contributed by atoms with Gasteiger partial charge in [-0.05, 0) is 49.2 Å². The number of pyridine rings is 1. The van der Waals surface area contributed by atoms with Crippen molar-refractivity contribution >= 4 is 17.5 Å². The number of amides is 2. The van der Waals surface area contributed by atoms with Gasteiger partial charge in [0.15, 0.2) is 0 Å². The molecular formula is C19H18FN3O2. The lowest BCUT2D eigenvalue weighted by Crippen LogP contribution is -2.38. The lowest BCUT2D eigenvalue weighted by molar-refractivity contribution is -0.124. The van der Waals surface area contributed by atoms with Crippen LogP contribution in [-0.2, 0) is 4.79 Å². The molecule has 1 aromatic heterocycles. The molecule has 3 heterocycles. The van der Waals surface area contributed by atoms with Crippen LogP contribution in [0, 0.1) is 11.2 Å². The van der Waals surface area contributed by atoms with E-state index in [1.807, 2.05) is 12.1 Å². The molecule has 128 valence electrons. The monoisotopic (exact) mass is 339 g/mol. The van der Waals surface area contributed by atoms with Gasteiger partial charge in [0, 0.05) is 31.4 Å². The standard InChI is InChI=1S/C19H18FN3O2/c20-15-5-3-14(4-6-15)17(24)22-10-7-19(13-22)8-11-23(18(19)25)16-2-1-9-21-12-16/h1-6,9,12H,7-8,10-11,13H2/t19-/m1/s1. The number of rotatable bonds is 2. The predicted molar refractivity (Wildman–Crippen MR) is 90.6 cm³/mol. The van der Waals surface area contributed by atoms with Crippen LogP contribution in [-0.4, -0.2) is 41.3 Å². The minimum atomic E-state index is -0.508. The highest BCUT2D eigenvalue weighted by atomic mass is 19.1. The summed E-state index contributed by atoms with van der Waals surface area (Å²) in [6.07, 6.45) is 4.76. The molecule has 0 saturated carbocycles. The molecule has 2 aliphatic heterocycles. The van der Waals surface area contributed by atoms with E-state index in [0.717, 1.165) is 12.1 Å². The Morgan fingerprint density at radius 2 is 1.88 bits per heavy atom. The number of carbonyl (C=O) groups is 2. The molecule has 2 amide bonds. The van der Waals surface area contributed by atoms with Crippen LogP contribution < -0.4 is 4.90 Å². The quantitative estimate of drug-likeness (QED) is 0.845. The van der Waals surface area contributed by atoms with E-state index in [0.29, 0.717) is 31.6 Å². The van der Waals surface area contributed by atoms with E-state index >= 15 is 0 Å². The van der Waals surface area contributed by atoms with Crippen molar-refractivity contribution in [1.29, 1.82) is 0 Å². The predicted octanol–water partition coefficient (Wildman–Crippen LogP) is 2.49. The molecule has 0 unspecified atom stereocenters. The number of anilines is 1. The number of hydrogen-bond acceptors (Lipinski definition) is 3. The minimum absolute atomic E-state index is 0.0647. The minimum Gasteiger partial charge on any atom is -0.338 e. The molecule has 4 rings (SSSR count). The Morgan fingerprint density at radius 1 is 1.12 bits per heavy atom. The van der Waals surface area contributed by atoms with Crippen LogP contribution in [0.5, 0.6) is 0 Å². The summed E-state index contributed by atoms with van der Waals surface area (Å²) >= 11 is 0. The van der Waals surface area contributed by atoms with Crippen molar-refractivity contribution in [2.75, 3.05) is 24.5 Å². The van der Waals surface area contributed by atoms with E-state index in [9.17, 15) is 14.0 Å². The van der Waals surface area contributed by atoms with E-state index in [1.165, 1.54) is 24.3 Å². The van der Waals surface area contributed by atoms with E-state index in [2.05, 4.69) is 4.98 Å². The van der Waals surface area contributed by atoms with Gasteiger partial charge in [-0.3, -0.25) is 14.6 Å². The van der Waals surface area contributed by atoms with Gasteiger partial charge in [0.2, 0.25) is 5.91 Å². The molecule has 1 atom stereocenters. The van der Waals surface area contributed by atoms with Crippen molar-refractivity contribution in [2.24, 2.45) is 5.41 Å². The highest BCUT2D eigenvalue weighted by Crippen LogP contribution is 2.42. The first-order chi connectivity index (χ1) is 12.1. The summed E-state index contributed by atoms with van der Waals surface area (Å²) in [7, 11) is 0. The molecule has 0 bridgehead atoms. The highest BCUT2D eigenvalue weighted by molar-refractivity contribution is 6.01. The van der Waals surface area contributed by atoms with Gasteiger partial charge in [-0.2, -0.15) is 0 Å². The molecule has 2 aromatic rings. The second-order valence-electron chi connectivity index (χ2n) is 6.68. The van der Waals surface area contributed by atoms with Crippen molar-refractivity contribution in [1.82, 2.24) is 9.88 Å². The van der Waals surface area contributed by atoms with Crippen LogP contribution >= 0.6 is 0 Å². The van der Waals surface area contributed by atoms with Crippen molar-refractivity contribution < 1.29 is 14.0 Å². The smallest absolute Gasteiger partial charge is 0.253 e.